The molecule has 0 bridgehead atoms. The number of benzene rings is 3. The minimum absolute atomic E-state index is 0.0917. The zero-order chi connectivity index (χ0) is 41.2. The predicted octanol–water partition coefficient (Wildman–Crippen LogP) is 6.22. The Morgan fingerprint density at radius 2 is 1.47 bits per heavy atom. The quantitative estimate of drug-likeness (QED) is 0.179. The summed E-state index contributed by atoms with van der Waals surface area (Å²) in [5.74, 6) is 0.632. The Kier molecular flexibility index (Phi) is 12.0. The van der Waals surface area contributed by atoms with E-state index in [9.17, 15) is 19.2 Å². The highest BCUT2D eigenvalue weighted by Crippen LogP contribution is 2.35. The van der Waals surface area contributed by atoms with Crippen LogP contribution in [0.25, 0.3) is 22.4 Å². The fraction of sp³-hybridized carbons (Fsp3) is 0.447. The summed E-state index contributed by atoms with van der Waals surface area (Å²) < 4.78 is 0. The first-order valence-electron chi connectivity index (χ1n) is 21.7. The zero-order valence-corrected chi connectivity index (χ0v) is 34.8. The van der Waals surface area contributed by atoms with E-state index < -0.39 is 6.04 Å². The zero-order valence-electron chi connectivity index (χ0n) is 34.0. The Balaban J connectivity index is 0.689. The molecule has 4 fully saturated rings. The van der Waals surface area contributed by atoms with Gasteiger partial charge >= 0.3 is 0 Å². The van der Waals surface area contributed by atoms with Gasteiger partial charge in [-0.3, -0.25) is 24.5 Å². The SMILES string of the molecule is O=C1CCC(N2Cc3cc(C4CCN(CCN5CCC(C(=O)N6CCC(Nc7ncc(Cl)c(-c8cccc(-c9ccccc9)c8)n7)CC6)CC5)CC4)ccc3C2=O)C(=O)N1. The van der Waals surface area contributed by atoms with E-state index in [-0.39, 0.29) is 36.1 Å². The van der Waals surface area contributed by atoms with Gasteiger partial charge in [-0.25, -0.2) is 9.97 Å². The van der Waals surface area contributed by atoms with Crippen molar-refractivity contribution < 1.29 is 19.2 Å². The highest BCUT2D eigenvalue weighted by molar-refractivity contribution is 6.33. The smallest absolute Gasteiger partial charge is 0.255 e. The van der Waals surface area contributed by atoms with Crippen LogP contribution in [-0.4, -0.2) is 118 Å². The van der Waals surface area contributed by atoms with Crippen LogP contribution in [0.2, 0.25) is 5.02 Å². The topological polar surface area (TPSA) is 131 Å². The Bertz CT molecular complexity index is 2230. The summed E-state index contributed by atoms with van der Waals surface area (Å²) in [6.07, 6.45) is 7.97. The molecule has 1 aromatic heterocycles. The molecule has 4 aromatic rings. The number of nitrogens with zero attached hydrogens (tertiary/aromatic N) is 6. The van der Waals surface area contributed by atoms with E-state index in [1.807, 2.05) is 36.4 Å². The van der Waals surface area contributed by atoms with Crippen LogP contribution in [0.15, 0.2) is 79.0 Å². The summed E-state index contributed by atoms with van der Waals surface area (Å²) in [4.78, 5) is 69.0. The molecular weight excluding hydrogens is 776 g/mol. The van der Waals surface area contributed by atoms with Crippen molar-refractivity contribution >= 4 is 41.2 Å². The Morgan fingerprint density at radius 1 is 0.767 bits per heavy atom. The van der Waals surface area contributed by atoms with Crippen molar-refractivity contribution in [2.45, 2.75) is 75.9 Å². The molecule has 13 heteroatoms. The van der Waals surface area contributed by atoms with Crippen molar-refractivity contribution in [2.75, 3.05) is 57.7 Å². The predicted molar refractivity (Wildman–Crippen MR) is 231 cm³/mol. The van der Waals surface area contributed by atoms with Crippen molar-refractivity contribution in [3.05, 3.63) is 101 Å². The van der Waals surface area contributed by atoms with Gasteiger partial charge in [0, 0.05) is 62.2 Å². The van der Waals surface area contributed by atoms with Gasteiger partial charge < -0.3 is 24.9 Å². The van der Waals surface area contributed by atoms with E-state index in [4.69, 9.17) is 16.6 Å². The van der Waals surface area contributed by atoms with Crippen LogP contribution in [0.5, 0.6) is 0 Å². The first kappa shape index (κ1) is 40.2. The number of rotatable bonds is 10. The summed E-state index contributed by atoms with van der Waals surface area (Å²) in [6, 6.07) is 24.3. The molecule has 60 heavy (non-hydrogen) atoms. The van der Waals surface area contributed by atoms with Crippen LogP contribution in [0.3, 0.4) is 0 Å². The molecule has 4 saturated heterocycles. The van der Waals surface area contributed by atoms with Crippen LogP contribution < -0.4 is 10.6 Å². The van der Waals surface area contributed by atoms with Gasteiger partial charge in [-0.1, -0.05) is 72.3 Å². The second-order valence-electron chi connectivity index (χ2n) is 17.1. The van der Waals surface area contributed by atoms with Crippen LogP contribution in [0, 0.1) is 5.92 Å². The third-order valence-electron chi connectivity index (χ3n) is 13.4. The fourth-order valence-corrected chi connectivity index (χ4v) is 10.0. The number of hydrogen-bond donors (Lipinski definition) is 2. The van der Waals surface area contributed by atoms with Crippen molar-refractivity contribution in [2.24, 2.45) is 5.92 Å². The molecule has 9 rings (SSSR count). The Hall–Kier alpha value is -5.17. The van der Waals surface area contributed by atoms with Crippen molar-refractivity contribution in [3.8, 4) is 22.4 Å². The standard InChI is InChI=1S/C47H53ClN8O4/c48-40-29-49-47(52-43(40)36-8-4-7-34(27-36)31-5-2-1-3-6-31)50-38-17-23-55(24-18-38)45(59)33-15-21-54(22-16-33)26-25-53-19-13-32(14-20-53)35-9-10-39-37(28-35)30-56(46(39)60)41-11-12-42(57)51-44(41)58/h1-10,27-29,32-33,38,41H,11-26,30H2,(H,49,50,52)(H,51,57,58). The van der Waals surface area contributed by atoms with Gasteiger partial charge in [-0.2, -0.15) is 0 Å². The molecule has 5 aliphatic rings. The summed E-state index contributed by atoms with van der Waals surface area (Å²) in [7, 11) is 0. The maximum absolute atomic E-state index is 13.6. The molecule has 4 amide bonds. The van der Waals surface area contributed by atoms with Gasteiger partial charge in [0.05, 0.1) is 16.9 Å². The first-order valence-corrected chi connectivity index (χ1v) is 22.1. The second kappa shape index (κ2) is 17.8. The third-order valence-corrected chi connectivity index (χ3v) is 13.7. The average Bonchev–Trinajstić information content (AvgIpc) is 3.61. The molecule has 5 aliphatic heterocycles. The molecule has 1 atom stereocenters. The van der Waals surface area contributed by atoms with Gasteiger partial charge in [0.25, 0.3) is 5.91 Å². The number of likely N-dealkylation sites (tertiary alicyclic amines) is 3. The monoisotopic (exact) mass is 828 g/mol. The lowest BCUT2D eigenvalue weighted by Crippen LogP contribution is -2.52. The minimum atomic E-state index is -0.587. The lowest BCUT2D eigenvalue weighted by atomic mass is 9.88. The summed E-state index contributed by atoms with van der Waals surface area (Å²) in [5.41, 5.74) is 6.80. The molecule has 12 nitrogen and oxygen atoms in total. The minimum Gasteiger partial charge on any atom is -0.351 e. The van der Waals surface area contributed by atoms with Gasteiger partial charge in [-0.05, 0) is 111 Å². The number of aromatic nitrogens is 2. The molecule has 0 spiro atoms. The van der Waals surface area contributed by atoms with Gasteiger partial charge in [0.1, 0.15) is 6.04 Å². The van der Waals surface area contributed by atoms with Gasteiger partial charge in [0.15, 0.2) is 0 Å². The number of carbonyl (C=O) groups excluding carboxylic acids is 4. The highest BCUT2D eigenvalue weighted by atomic mass is 35.5. The molecular formula is C47H53ClN8O4. The van der Waals surface area contributed by atoms with E-state index in [0.717, 1.165) is 113 Å². The molecule has 6 heterocycles. The number of hydrogen-bond acceptors (Lipinski definition) is 9. The Morgan fingerprint density at radius 3 is 2.20 bits per heavy atom. The largest absolute Gasteiger partial charge is 0.351 e. The molecule has 3 aromatic carbocycles. The number of amides is 4. The number of carbonyl (C=O) groups is 4. The van der Waals surface area contributed by atoms with Crippen molar-refractivity contribution in [1.82, 2.24) is 34.9 Å². The summed E-state index contributed by atoms with van der Waals surface area (Å²) in [5, 5.41) is 6.42. The molecule has 1 unspecified atom stereocenters. The van der Waals surface area contributed by atoms with Crippen LogP contribution in [0.4, 0.5) is 5.95 Å². The number of anilines is 1. The summed E-state index contributed by atoms with van der Waals surface area (Å²) in [6.45, 7) is 7.93. The van der Waals surface area contributed by atoms with E-state index in [0.29, 0.717) is 47.0 Å². The maximum atomic E-state index is 13.6. The van der Waals surface area contributed by atoms with Crippen LogP contribution >= 0.6 is 11.6 Å². The molecule has 312 valence electrons. The van der Waals surface area contributed by atoms with Crippen LogP contribution in [-0.2, 0) is 20.9 Å². The van der Waals surface area contributed by atoms with E-state index in [1.165, 1.54) is 5.56 Å². The van der Waals surface area contributed by atoms with Crippen molar-refractivity contribution in [3.63, 3.8) is 0 Å². The maximum Gasteiger partial charge on any atom is 0.255 e. The van der Waals surface area contributed by atoms with E-state index >= 15 is 0 Å². The molecule has 0 radical (unpaired) electrons. The molecule has 2 N–H and O–H groups in total. The van der Waals surface area contributed by atoms with E-state index in [1.54, 1.807) is 11.1 Å². The number of imide groups is 1. The molecule has 0 aliphatic carbocycles. The van der Waals surface area contributed by atoms with E-state index in [2.05, 4.69) is 66.7 Å². The fourth-order valence-electron chi connectivity index (χ4n) is 9.83. The lowest BCUT2D eigenvalue weighted by molar-refractivity contribution is -0.138. The Labute approximate surface area is 356 Å². The lowest BCUT2D eigenvalue weighted by Gasteiger charge is -2.38. The normalized spacial score (nSPS) is 21.3. The van der Waals surface area contributed by atoms with Crippen LogP contribution in [0.1, 0.15) is 78.8 Å². The van der Waals surface area contributed by atoms with Gasteiger partial charge in [0.2, 0.25) is 23.7 Å². The molecule has 0 saturated carbocycles. The number of nitrogens with one attached hydrogen (secondary N) is 2. The number of piperidine rings is 4. The highest BCUT2D eigenvalue weighted by Gasteiger charge is 2.39. The number of fused-ring (bicyclic) bond motifs is 1. The van der Waals surface area contributed by atoms with Gasteiger partial charge in [-0.15, -0.1) is 0 Å². The second-order valence-corrected chi connectivity index (χ2v) is 17.5. The average molecular weight is 829 g/mol. The van der Waals surface area contributed by atoms with Crippen molar-refractivity contribution in [1.29, 1.82) is 0 Å². The number of halogens is 1. The summed E-state index contributed by atoms with van der Waals surface area (Å²) >= 11 is 6.60. The third kappa shape index (κ3) is 8.82. The first-order chi connectivity index (χ1) is 29.3.